The van der Waals surface area contributed by atoms with Gasteiger partial charge in [0.1, 0.15) is 6.10 Å². The van der Waals surface area contributed by atoms with Gasteiger partial charge in [-0.25, -0.2) is 0 Å². The second-order valence-electron chi connectivity index (χ2n) is 6.48. The molecule has 30 heavy (non-hydrogen) atoms. The molecule has 0 saturated carbocycles. The quantitative estimate of drug-likeness (QED) is 0.276. The van der Waals surface area contributed by atoms with Crippen molar-refractivity contribution < 1.29 is 28.2 Å². The van der Waals surface area contributed by atoms with Crippen LogP contribution >= 0.6 is 42.4 Å². The molecule has 1 unspecified atom stereocenters. The van der Waals surface area contributed by atoms with Gasteiger partial charge in [0.15, 0.2) is 0 Å². The van der Waals surface area contributed by atoms with Gasteiger partial charge in [-0.1, -0.05) is 77.3 Å². The smallest absolute Gasteiger partial charge is 0.384 e. The Bertz CT molecular complexity index is 1130. The first-order chi connectivity index (χ1) is 13.9. The molecule has 0 spiro atoms. The van der Waals surface area contributed by atoms with E-state index in [2.05, 4.69) is 0 Å². The third-order valence-electron chi connectivity index (χ3n) is 4.47. The molecule has 0 radical (unpaired) electrons. The standard InChI is InChI=1S/C20H14Cl3F2O4P/c21-16-10-18(23)17(22)9-15(16)19(26)13-3-1-2-12(8-13)11-4-6-14(7-5-11)20(24,25)30(27,28)29/h1-10,19,26H,(H2,27,28,29). The highest BCUT2D eigenvalue weighted by molar-refractivity contribution is 7.52. The van der Waals surface area contributed by atoms with Crippen LogP contribution in [-0.2, 0) is 10.2 Å². The molecule has 0 aliphatic rings. The lowest BCUT2D eigenvalue weighted by atomic mass is 9.96. The molecule has 0 saturated heterocycles. The van der Waals surface area contributed by atoms with Crippen LogP contribution in [-0.4, -0.2) is 14.9 Å². The van der Waals surface area contributed by atoms with E-state index in [1.54, 1.807) is 24.3 Å². The maximum atomic E-state index is 13.8. The first-order valence-electron chi connectivity index (χ1n) is 8.38. The van der Waals surface area contributed by atoms with Gasteiger partial charge in [-0.15, -0.1) is 0 Å². The fourth-order valence-electron chi connectivity index (χ4n) is 2.85. The summed E-state index contributed by atoms with van der Waals surface area (Å²) < 4.78 is 38.7. The van der Waals surface area contributed by atoms with Crippen LogP contribution in [0.4, 0.5) is 8.78 Å². The molecule has 4 nitrogen and oxygen atoms in total. The number of aliphatic hydroxyl groups is 1. The van der Waals surface area contributed by atoms with Gasteiger partial charge in [0.05, 0.1) is 10.0 Å². The van der Waals surface area contributed by atoms with Crippen molar-refractivity contribution in [3.05, 3.63) is 92.4 Å². The third kappa shape index (κ3) is 4.56. The highest BCUT2D eigenvalue weighted by Gasteiger charge is 2.50. The van der Waals surface area contributed by atoms with E-state index in [0.29, 0.717) is 22.3 Å². The number of hydrogen-bond donors (Lipinski definition) is 3. The van der Waals surface area contributed by atoms with Crippen LogP contribution in [0.5, 0.6) is 0 Å². The molecule has 0 fully saturated rings. The lowest BCUT2D eigenvalue weighted by Gasteiger charge is -2.18. The topological polar surface area (TPSA) is 77.8 Å². The fourth-order valence-corrected chi connectivity index (χ4v) is 3.99. The summed E-state index contributed by atoms with van der Waals surface area (Å²) in [6.07, 6.45) is -1.12. The normalized spacial score (nSPS) is 13.3. The minimum absolute atomic E-state index is 0.228. The highest BCUT2D eigenvalue weighted by Crippen LogP contribution is 2.59. The number of benzene rings is 3. The van der Waals surface area contributed by atoms with E-state index >= 15 is 0 Å². The van der Waals surface area contributed by atoms with E-state index in [1.807, 2.05) is 0 Å². The molecule has 10 heteroatoms. The van der Waals surface area contributed by atoms with Gasteiger partial charge in [0, 0.05) is 16.1 Å². The highest BCUT2D eigenvalue weighted by atomic mass is 35.5. The lowest BCUT2D eigenvalue weighted by Crippen LogP contribution is -2.13. The molecule has 3 aromatic rings. The zero-order valence-electron chi connectivity index (χ0n) is 14.9. The Morgan fingerprint density at radius 1 is 0.833 bits per heavy atom. The summed E-state index contributed by atoms with van der Waals surface area (Å²) in [6, 6.07) is 14.1. The van der Waals surface area contributed by atoms with Gasteiger partial charge < -0.3 is 14.9 Å². The van der Waals surface area contributed by atoms with Gasteiger partial charge >= 0.3 is 13.3 Å². The van der Waals surface area contributed by atoms with Gasteiger partial charge in [-0.2, -0.15) is 8.78 Å². The number of halogens is 5. The third-order valence-corrected chi connectivity index (χ3v) is 6.51. The van der Waals surface area contributed by atoms with Crippen LogP contribution in [0.2, 0.25) is 15.1 Å². The second kappa shape index (κ2) is 8.56. The molecule has 0 aromatic heterocycles. The maximum absolute atomic E-state index is 13.8. The molecule has 3 N–H and O–H groups in total. The molecule has 0 amide bonds. The van der Waals surface area contributed by atoms with Crippen molar-refractivity contribution in [2.75, 3.05) is 0 Å². The zero-order valence-corrected chi connectivity index (χ0v) is 18.1. The minimum atomic E-state index is -5.64. The predicted octanol–water partition coefficient (Wildman–Crippen LogP) is 6.62. The van der Waals surface area contributed by atoms with E-state index < -0.39 is 24.9 Å². The molecule has 3 aromatic carbocycles. The van der Waals surface area contributed by atoms with Gasteiger partial charge in [-0.3, -0.25) is 4.57 Å². The Balaban J connectivity index is 1.94. The van der Waals surface area contributed by atoms with E-state index in [1.165, 1.54) is 24.3 Å². The summed E-state index contributed by atoms with van der Waals surface area (Å²) in [5.41, 5.74) is -3.16. The molecular formula is C20H14Cl3F2O4P. The largest absolute Gasteiger partial charge is 0.399 e. The maximum Gasteiger partial charge on any atom is 0.399 e. The van der Waals surface area contributed by atoms with Crippen molar-refractivity contribution in [3.63, 3.8) is 0 Å². The van der Waals surface area contributed by atoms with Crippen LogP contribution in [0.15, 0.2) is 60.7 Å². The van der Waals surface area contributed by atoms with E-state index in [4.69, 9.17) is 44.6 Å². The Labute approximate surface area is 185 Å². The Morgan fingerprint density at radius 3 is 2.03 bits per heavy atom. The fraction of sp³-hybridized carbons (Fsp3) is 0.100. The average molecular weight is 494 g/mol. The molecule has 158 valence electrons. The van der Waals surface area contributed by atoms with Crippen molar-refractivity contribution in [1.82, 2.24) is 0 Å². The van der Waals surface area contributed by atoms with Gasteiger partial charge in [0.25, 0.3) is 0 Å². The SMILES string of the molecule is O=P(O)(O)C(F)(F)c1ccc(-c2cccc(C(O)c3cc(Cl)c(Cl)cc3Cl)c2)cc1. The Morgan fingerprint density at radius 2 is 1.43 bits per heavy atom. The van der Waals surface area contributed by atoms with E-state index in [0.717, 1.165) is 12.1 Å². The monoisotopic (exact) mass is 492 g/mol. The van der Waals surface area contributed by atoms with Crippen LogP contribution < -0.4 is 0 Å². The van der Waals surface area contributed by atoms with Crippen molar-refractivity contribution in [3.8, 4) is 11.1 Å². The molecule has 3 rings (SSSR count). The Kier molecular flexibility index (Phi) is 6.61. The Hall–Kier alpha value is -1.50. The van der Waals surface area contributed by atoms with Crippen LogP contribution in [0, 0.1) is 0 Å². The van der Waals surface area contributed by atoms with E-state index in [9.17, 15) is 18.5 Å². The van der Waals surface area contributed by atoms with Crippen molar-refractivity contribution in [2.45, 2.75) is 11.8 Å². The molecule has 0 heterocycles. The summed E-state index contributed by atoms with van der Waals surface area (Å²) in [5.74, 6) is 0. The summed E-state index contributed by atoms with van der Waals surface area (Å²) in [6.45, 7) is 0. The first-order valence-corrected chi connectivity index (χ1v) is 11.1. The number of rotatable bonds is 5. The van der Waals surface area contributed by atoms with Gasteiger partial charge in [-0.05, 0) is 34.9 Å². The van der Waals surface area contributed by atoms with Crippen molar-refractivity contribution >= 4 is 42.4 Å². The molecular weight excluding hydrogens is 480 g/mol. The molecule has 1 atom stereocenters. The van der Waals surface area contributed by atoms with Crippen LogP contribution in [0.3, 0.4) is 0 Å². The van der Waals surface area contributed by atoms with E-state index in [-0.39, 0.29) is 15.1 Å². The summed E-state index contributed by atoms with van der Waals surface area (Å²) in [4.78, 5) is 17.7. The molecule has 0 aliphatic carbocycles. The zero-order chi connectivity index (χ0) is 22.3. The summed E-state index contributed by atoms with van der Waals surface area (Å²) in [7, 11) is -5.64. The lowest BCUT2D eigenvalue weighted by molar-refractivity contribution is 0.0564. The molecule has 0 aliphatic heterocycles. The minimum Gasteiger partial charge on any atom is -0.384 e. The number of hydrogen-bond acceptors (Lipinski definition) is 2. The number of alkyl halides is 2. The van der Waals surface area contributed by atoms with Crippen LogP contribution in [0.1, 0.15) is 22.8 Å². The summed E-state index contributed by atoms with van der Waals surface area (Å²) >= 11 is 18.1. The molecule has 0 bridgehead atoms. The van der Waals surface area contributed by atoms with Gasteiger partial charge in [0.2, 0.25) is 0 Å². The second-order valence-corrected chi connectivity index (χ2v) is 9.35. The number of aliphatic hydroxyl groups excluding tert-OH is 1. The average Bonchev–Trinajstić information content (AvgIpc) is 2.69. The van der Waals surface area contributed by atoms with Crippen LogP contribution in [0.25, 0.3) is 11.1 Å². The van der Waals surface area contributed by atoms with Crippen molar-refractivity contribution in [1.29, 1.82) is 0 Å². The first kappa shape index (κ1) is 23.2. The predicted molar refractivity (Wildman–Crippen MR) is 113 cm³/mol. The summed E-state index contributed by atoms with van der Waals surface area (Å²) in [5, 5.41) is 11.4. The van der Waals surface area contributed by atoms with Crippen molar-refractivity contribution in [2.24, 2.45) is 0 Å².